The van der Waals surface area contributed by atoms with E-state index in [4.69, 9.17) is 5.73 Å². The number of primary amides is 1. The lowest BCUT2D eigenvalue weighted by molar-refractivity contribution is 0.0995. The minimum Gasteiger partial charge on any atom is -0.366 e. The molecule has 0 aliphatic heterocycles. The zero-order chi connectivity index (χ0) is 17.6. The van der Waals surface area contributed by atoms with Crippen LogP contribution in [-0.4, -0.2) is 21.2 Å². The first-order chi connectivity index (χ1) is 12.0. The van der Waals surface area contributed by atoms with Gasteiger partial charge in [-0.05, 0) is 56.2 Å². The van der Waals surface area contributed by atoms with Gasteiger partial charge in [0.2, 0.25) is 5.91 Å². The topological polar surface area (TPSA) is 89.5 Å². The number of carbonyl (C=O) groups is 2. The van der Waals surface area contributed by atoms with Crippen LogP contribution < -0.4 is 11.1 Å². The molecule has 3 N–H and O–H groups in total. The number of nitrogens with one attached hydrogen (secondary N) is 1. The molecule has 0 atom stereocenters. The predicted molar refractivity (Wildman–Crippen MR) is 94.8 cm³/mol. The largest absolute Gasteiger partial charge is 0.366 e. The van der Waals surface area contributed by atoms with Crippen LogP contribution in [0.1, 0.15) is 50.9 Å². The van der Waals surface area contributed by atoms with Gasteiger partial charge in [-0.15, -0.1) is 0 Å². The Morgan fingerprint density at radius 2 is 1.80 bits per heavy atom. The van der Waals surface area contributed by atoms with E-state index in [-0.39, 0.29) is 5.91 Å². The number of benzene rings is 1. The van der Waals surface area contributed by atoms with Crippen LogP contribution in [0.3, 0.4) is 0 Å². The predicted octanol–water partition coefficient (Wildman–Crippen LogP) is 2.87. The zero-order valence-corrected chi connectivity index (χ0v) is 13.8. The molecule has 126 valence electrons. The first-order valence-corrected chi connectivity index (χ1v) is 8.23. The lowest BCUT2D eigenvalue weighted by Gasteiger charge is -2.07. The molecule has 0 unspecified atom stereocenters. The molecule has 0 spiro atoms. The van der Waals surface area contributed by atoms with Crippen molar-refractivity contribution < 1.29 is 9.59 Å². The van der Waals surface area contributed by atoms with Crippen LogP contribution >= 0.6 is 0 Å². The molecule has 25 heavy (non-hydrogen) atoms. The lowest BCUT2D eigenvalue weighted by atomic mass is 10.1. The van der Waals surface area contributed by atoms with Crippen molar-refractivity contribution >= 4 is 23.1 Å². The third-order valence-electron chi connectivity index (χ3n) is 4.55. The summed E-state index contributed by atoms with van der Waals surface area (Å²) in [4.78, 5) is 28.2. The van der Waals surface area contributed by atoms with E-state index in [0.29, 0.717) is 22.7 Å². The van der Waals surface area contributed by atoms with Crippen molar-refractivity contribution in [1.82, 2.24) is 9.38 Å². The van der Waals surface area contributed by atoms with E-state index < -0.39 is 5.91 Å². The number of hydrogen-bond donors (Lipinski definition) is 2. The van der Waals surface area contributed by atoms with Gasteiger partial charge in [-0.1, -0.05) is 0 Å². The van der Waals surface area contributed by atoms with Gasteiger partial charge in [0.25, 0.3) is 5.91 Å². The third-order valence-corrected chi connectivity index (χ3v) is 4.55. The fraction of sp³-hybridized carbons (Fsp3) is 0.211. The number of aryl methyl sites for hydroxylation is 1. The van der Waals surface area contributed by atoms with Gasteiger partial charge < -0.3 is 15.5 Å². The number of rotatable bonds is 4. The Balaban J connectivity index is 1.58. The molecule has 6 nitrogen and oxygen atoms in total. The van der Waals surface area contributed by atoms with Crippen molar-refractivity contribution in [2.75, 3.05) is 5.32 Å². The summed E-state index contributed by atoms with van der Waals surface area (Å²) in [6, 6.07) is 10.0. The lowest BCUT2D eigenvalue weighted by Crippen LogP contribution is -2.14. The van der Waals surface area contributed by atoms with E-state index in [1.807, 2.05) is 22.7 Å². The van der Waals surface area contributed by atoms with Crippen molar-refractivity contribution in [3.63, 3.8) is 0 Å². The molecule has 0 saturated heterocycles. The summed E-state index contributed by atoms with van der Waals surface area (Å²) in [6.45, 7) is 2.06. The molecular weight excluding hydrogens is 316 g/mol. The second kappa shape index (κ2) is 5.73. The number of nitrogens with zero attached hydrogens (tertiary/aromatic N) is 2. The molecular formula is C19H18N4O2. The molecule has 1 saturated carbocycles. The van der Waals surface area contributed by atoms with E-state index in [2.05, 4.69) is 17.2 Å². The molecule has 0 bridgehead atoms. The maximum Gasteiger partial charge on any atom is 0.255 e. The average Bonchev–Trinajstić information content (AvgIpc) is 3.40. The number of imidazole rings is 1. The number of anilines is 1. The fourth-order valence-electron chi connectivity index (χ4n) is 2.99. The fourth-order valence-corrected chi connectivity index (χ4v) is 2.99. The number of nitrogens with two attached hydrogens (primary N) is 1. The van der Waals surface area contributed by atoms with Gasteiger partial charge in [-0.25, -0.2) is 4.98 Å². The Labute approximate surface area is 144 Å². The van der Waals surface area contributed by atoms with Crippen LogP contribution in [0.15, 0.2) is 42.6 Å². The highest BCUT2D eigenvalue weighted by atomic mass is 16.2. The summed E-state index contributed by atoms with van der Waals surface area (Å²) in [6.07, 6.45) is 4.30. The normalized spacial score (nSPS) is 13.8. The molecule has 2 aromatic heterocycles. The second-order valence-corrected chi connectivity index (χ2v) is 6.40. The van der Waals surface area contributed by atoms with E-state index in [1.165, 1.54) is 12.8 Å². The SMILES string of the molecule is Cc1c(C2CC2)nc2ccc(NC(=O)c3ccc(C(N)=O)cc3)cn12. The third kappa shape index (κ3) is 2.87. The molecule has 1 aliphatic rings. The van der Waals surface area contributed by atoms with Crippen molar-refractivity contribution in [1.29, 1.82) is 0 Å². The standard InChI is InChI=1S/C19H18N4O2/c1-11-17(12-2-3-12)22-16-9-8-15(10-23(11)16)21-19(25)14-6-4-13(5-7-14)18(20)24/h4-10,12H,2-3H2,1H3,(H2,20,24)(H,21,25). The van der Waals surface area contributed by atoms with Gasteiger partial charge in [-0.2, -0.15) is 0 Å². The number of aromatic nitrogens is 2. The Hall–Kier alpha value is -3.15. The van der Waals surface area contributed by atoms with Crippen LogP contribution in [0.2, 0.25) is 0 Å². The zero-order valence-electron chi connectivity index (χ0n) is 13.8. The Morgan fingerprint density at radius 3 is 2.44 bits per heavy atom. The second-order valence-electron chi connectivity index (χ2n) is 6.40. The number of pyridine rings is 1. The van der Waals surface area contributed by atoms with Gasteiger partial charge in [-0.3, -0.25) is 9.59 Å². The molecule has 1 fully saturated rings. The Bertz CT molecular complexity index is 985. The minimum atomic E-state index is -0.514. The number of fused-ring (bicyclic) bond motifs is 1. The van der Waals surface area contributed by atoms with E-state index >= 15 is 0 Å². The number of amides is 2. The van der Waals surface area contributed by atoms with Gasteiger partial charge in [0, 0.05) is 28.9 Å². The van der Waals surface area contributed by atoms with Crippen LogP contribution in [-0.2, 0) is 0 Å². The van der Waals surface area contributed by atoms with Crippen molar-refractivity contribution in [2.24, 2.45) is 5.73 Å². The maximum atomic E-state index is 12.4. The highest BCUT2D eigenvalue weighted by Gasteiger charge is 2.28. The van der Waals surface area contributed by atoms with Crippen LogP contribution in [0.5, 0.6) is 0 Å². The van der Waals surface area contributed by atoms with Gasteiger partial charge in [0.1, 0.15) is 5.65 Å². The summed E-state index contributed by atoms with van der Waals surface area (Å²) < 4.78 is 2.01. The summed E-state index contributed by atoms with van der Waals surface area (Å²) >= 11 is 0. The smallest absolute Gasteiger partial charge is 0.255 e. The van der Waals surface area contributed by atoms with Gasteiger partial charge in [0.15, 0.2) is 0 Å². The molecule has 1 aliphatic carbocycles. The Kier molecular flexibility index (Phi) is 3.53. The van der Waals surface area contributed by atoms with Crippen molar-refractivity contribution in [2.45, 2.75) is 25.7 Å². The number of hydrogen-bond acceptors (Lipinski definition) is 3. The van der Waals surface area contributed by atoms with Gasteiger partial charge in [0.05, 0.1) is 11.4 Å². The van der Waals surface area contributed by atoms with Crippen LogP contribution in [0, 0.1) is 6.92 Å². The monoisotopic (exact) mass is 334 g/mol. The van der Waals surface area contributed by atoms with E-state index in [9.17, 15) is 9.59 Å². The minimum absolute atomic E-state index is 0.240. The molecule has 0 radical (unpaired) electrons. The molecule has 3 aromatic rings. The van der Waals surface area contributed by atoms with Crippen molar-refractivity contribution in [3.8, 4) is 0 Å². The van der Waals surface area contributed by atoms with Crippen LogP contribution in [0.25, 0.3) is 5.65 Å². The van der Waals surface area contributed by atoms with E-state index in [1.54, 1.807) is 24.3 Å². The molecule has 2 heterocycles. The highest BCUT2D eigenvalue weighted by molar-refractivity contribution is 6.05. The summed E-state index contributed by atoms with van der Waals surface area (Å²) in [5.74, 6) is -0.170. The van der Waals surface area contributed by atoms with Crippen LogP contribution in [0.4, 0.5) is 5.69 Å². The summed E-state index contributed by atoms with van der Waals surface area (Å²) in [5, 5.41) is 2.88. The average molecular weight is 334 g/mol. The molecule has 6 heteroatoms. The van der Waals surface area contributed by atoms with Crippen molar-refractivity contribution in [3.05, 3.63) is 65.1 Å². The summed E-state index contributed by atoms with van der Waals surface area (Å²) in [5.41, 5.74) is 9.92. The first kappa shape index (κ1) is 15.4. The maximum absolute atomic E-state index is 12.4. The Morgan fingerprint density at radius 1 is 1.12 bits per heavy atom. The molecule has 1 aromatic carbocycles. The first-order valence-electron chi connectivity index (χ1n) is 8.23. The quantitative estimate of drug-likeness (QED) is 0.769. The number of carbonyl (C=O) groups excluding carboxylic acids is 2. The summed E-state index contributed by atoms with van der Waals surface area (Å²) in [7, 11) is 0. The van der Waals surface area contributed by atoms with Gasteiger partial charge >= 0.3 is 0 Å². The highest BCUT2D eigenvalue weighted by Crippen LogP contribution is 2.41. The molecule has 2 amide bonds. The van der Waals surface area contributed by atoms with E-state index in [0.717, 1.165) is 17.0 Å². The molecule has 4 rings (SSSR count).